The molecule has 2 N–H and O–H groups in total. The van der Waals surface area contributed by atoms with Gasteiger partial charge >= 0.3 is 6.18 Å². The van der Waals surface area contributed by atoms with Crippen LogP contribution in [0.15, 0.2) is 34.9 Å². The van der Waals surface area contributed by atoms with Crippen LogP contribution in [0, 0.1) is 0 Å². The Morgan fingerprint density at radius 2 is 1.95 bits per heavy atom. The Hall–Kier alpha value is -1.60. The average Bonchev–Trinajstić information content (AvgIpc) is 2.85. The lowest BCUT2D eigenvalue weighted by atomic mass is 9.87. The molecule has 2 unspecified atom stereocenters. The van der Waals surface area contributed by atoms with Crippen molar-refractivity contribution >= 4 is 11.0 Å². The molecule has 1 heterocycles. The van der Waals surface area contributed by atoms with Crippen LogP contribution in [-0.4, -0.2) is 31.0 Å². The summed E-state index contributed by atoms with van der Waals surface area (Å²) in [5.74, 6) is 0. The van der Waals surface area contributed by atoms with E-state index in [-0.39, 0.29) is 5.58 Å². The number of fused-ring (bicyclic) bond motifs is 1. The second-order valence-corrected chi connectivity index (χ2v) is 4.41. The summed E-state index contributed by atoms with van der Waals surface area (Å²) >= 11 is 0. The van der Waals surface area contributed by atoms with E-state index >= 15 is 0 Å². The van der Waals surface area contributed by atoms with E-state index in [0.717, 1.165) is 19.2 Å². The molecule has 0 saturated heterocycles. The minimum absolute atomic E-state index is 0.154. The zero-order chi connectivity index (χ0) is 15.0. The Bertz CT molecular complexity index is 591. The van der Waals surface area contributed by atoms with Crippen LogP contribution in [0.4, 0.5) is 17.6 Å². The van der Waals surface area contributed by atoms with Gasteiger partial charge in [0.25, 0.3) is 0 Å². The largest absolute Gasteiger partial charge is 0.464 e. The Morgan fingerprint density at radius 1 is 1.25 bits per heavy atom. The van der Waals surface area contributed by atoms with Gasteiger partial charge in [-0.2, -0.15) is 13.2 Å². The second kappa shape index (κ2) is 5.06. The fourth-order valence-electron chi connectivity index (χ4n) is 2.16. The zero-order valence-corrected chi connectivity index (χ0v) is 10.5. The fraction of sp³-hybridized carbons (Fsp3) is 0.385. The van der Waals surface area contributed by atoms with Gasteiger partial charge in [0.15, 0.2) is 0 Å². The number of furan rings is 1. The molecule has 0 saturated carbocycles. The van der Waals surface area contributed by atoms with Crippen molar-refractivity contribution in [3.05, 3.63) is 36.1 Å². The maximum Gasteiger partial charge on any atom is 0.428 e. The lowest BCUT2D eigenvalue weighted by Gasteiger charge is -2.34. The highest BCUT2D eigenvalue weighted by molar-refractivity contribution is 5.78. The van der Waals surface area contributed by atoms with Gasteiger partial charge < -0.3 is 14.8 Å². The summed E-state index contributed by atoms with van der Waals surface area (Å²) in [5, 5.41) is 11.8. The second-order valence-electron chi connectivity index (χ2n) is 4.41. The van der Waals surface area contributed by atoms with E-state index in [1.807, 2.05) is 0 Å². The van der Waals surface area contributed by atoms with Crippen LogP contribution in [0.3, 0.4) is 0 Å². The van der Waals surface area contributed by atoms with E-state index in [2.05, 4.69) is 5.32 Å². The van der Waals surface area contributed by atoms with Crippen LogP contribution in [0.25, 0.3) is 11.0 Å². The van der Waals surface area contributed by atoms with Crippen molar-refractivity contribution in [1.82, 2.24) is 5.32 Å². The minimum Gasteiger partial charge on any atom is -0.464 e. The first kappa shape index (κ1) is 14.8. The van der Waals surface area contributed by atoms with Gasteiger partial charge in [0.05, 0.1) is 18.9 Å². The van der Waals surface area contributed by atoms with Crippen molar-refractivity contribution in [2.45, 2.75) is 17.9 Å². The van der Waals surface area contributed by atoms with Gasteiger partial charge in [-0.15, -0.1) is 0 Å². The Balaban J connectivity index is 2.61. The van der Waals surface area contributed by atoms with Crippen molar-refractivity contribution in [1.29, 1.82) is 0 Å². The number of benzene rings is 1. The molecule has 7 heteroatoms. The molecule has 0 amide bonds. The molecule has 3 nitrogen and oxygen atoms in total. The number of aliphatic hydroxyl groups excluding tert-OH is 1. The van der Waals surface area contributed by atoms with Crippen LogP contribution in [-0.2, 0) is 5.67 Å². The van der Waals surface area contributed by atoms with Gasteiger partial charge in [-0.05, 0) is 19.2 Å². The fourth-order valence-corrected chi connectivity index (χ4v) is 2.16. The topological polar surface area (TPSA) is 45.4 Å². The van der Waals surface area contributed by atoms with Crippen molar-refractivity contribution in [3.8, 4) is 0 Å². The molecule has 2 rings (SSSR count). The number of rotatable bonds is 4. The van der Waals surface area contributed by atoms with E-state index in [1.54, 1.807) is 6.07 Å². The predicted octanol–water partition coefficient (Wildman–Crippen LogP) is 2.74. The maximum absolute atomic E-state index is 14.7. The minimum atomic E-state index is -5.18. The SMILES string of the molecule is CNC(CO)C(F)(c1ccc2ccoc2c1)C(F)(F)F. The normalized spacial score (nSPS) is 17.1. The molecule has 0 aliphatic rings. The molecule has 0 radical (unpaired) electrons. The summed E-state index contributed by atoms with van der Waals surface area (Å²) in [6.45, 7) is -0.997. The lowest BCUT2D eigenvalue weighted by molar-refractivity contribution is -0.248. The van der Waals surface area contributed by atoms with Crippen molar-refractivity contribution in [2.75, 3.05) is 13.7 Å². The lowest BCUT2D eigenvalue weighted by Crippen LogP contribution is -2.55. The molecule has 2 aromatic rings. The van der Waals surface area contributed by atoms with Crippen LogP contribution in [0.1, 0.15) is 5.56 Å². The van der Waals surface area contributed by atoms with Gasteiger partial charge in [0.2, 0.25) is 5.67 Å². The van der Waals surface area contributed by atoms with Gasteiger partial charge in [-0.25, -0.2) is 4.39 Å². The molecule has 20 heavy (non-hydrogen) atoms. The predicted molar refractivity (Wildman–Crippen MR) is 65.0 cm³/mol. The average molecular weight is 291 g/mol. The quantitative estimate of drug-likeness (QED) is 0.851. The van der Waals surface area contributed by atoms with Gasteiger partial charge in [-0.1, -0.05) is 12.1 Å². The van der Waals surface area contributed by atoms with Gasteiger partial charge in [0.1, 0.15) is 5.58 Å². The molecule has 1 aromatic heterocycles. The molecular formula is C13H13F4NO2. The summed E-state index contributed by atoms with van der Waals surface area (Å²) in [7, 11) is 1.16. The van der Waals surface area contributed by atoms with Crippen LogP contribution < -0.4 is 5.32 Å². The Morgan fingerprint density at radius 3 is 2.50 bits per heavy atom. The van der Waals surface area contributed by atoms with Crippen LogP contribution in [0.5, 0.6) is 0 Å². The smallest absolute Gasteiger partial charge is 0.428 e. The molecule has 0 spiro atoms. The van der Waals surface area contributed by atoms with Crippen LogP contribution in [0.2, 0.25) is 0 Å². The number of alkyl halides is 4. The first-order valence-corrected chi connectivity index (χ1v) is 5.86. The highest BCUT2D eigenvalue weighted by Gasteiger charge is 2.61. The van der Waals surface area contributed by atoms with E-state index in [4.69, 9.17) is 9.52 Å². The number of halogens is 4. The third-order valence-corrected chi connectivity index (χ3v) is 3.30. The molecule has 0 bridgehead atoms. The van der Waals surface area contributed by atoms with Crippen LogP contribution >= 0.6 is 0 Å². The van der Waals surface area contributed by atoms with Gasteiger partial charge in [0, 0.05) is 10.9 Å². The molecule has 0 aliphatic heterocycles. The third-order valence-electron chi connectivity index (χ3n) is 3.30. The molecule has 2 atom stereocenters. The number of hydrogen-bond acceptors (Lipinski definition) is 3. The van der Waals surface area contributed by atoms with E-state index in [0.29, 0.717) is 5.39 Å². The highest BCUT2D eigenvalue weighted by Crippen LogP contribution is 2.45. The molecule has 1 aromatic carbocycles. The first-order chi connectivity index (χ1) is 9.34. The number of aliphatic hydroxyl groups is 1. The van der Waals surface area contributed by atoms with E-state index < -0.39 is 30.1 Å². The van der Waals surface area contributed by atoms with Gasteiger partial charge in [-0.3, -0.25) is 0 Å². The number of nitrogens with one attached hydrogen (secondary N) is 1. The number of hydrogen-bond donors (Lipinski definition) is 2. The molecular weight excluding hydrogens is 278 g/mol. The number of likely N-dealkylation sites (N-methyl/N-ethyl adjacent to an activating group) is 1. The van der Waals surface area contributed by atoms with Crippen molar-refractivity contribution < 1.29 is 27.1 Å². The monoisotopic (exact) mass is 291 g/mol. The first-order valence-electron chi connectivity index (χ1n) is 5.86. The summed E-state index contributed by atoms with van der Waals surface area (Å²) in [5.41, 5.74) is -4.17. The summed E-state index contributed by atoms with van der Waals surface area (Å²) in [4.78, 5) is 0. The molecule has 0 aliphatic carbocycles. The summed E-state index contributed by atoms with van der Waals surface area (Å²) < 4.78 is 59.3. The molecule has 110 valence electrons. The Kier molecular flexibility index (Phi) is 3.75. The zero-order valence-electron chi connectivity index (χ0n) is 10.5. The maximum atomic E-state index is 14.7. The summed E-state index contributed by atoms with van der Waals surface area (Å²) in [6.07, 6.45) is -3.87. The third kappa shape index (κ3) is 2.16. The molecule has 0 fully saturated rings. The summed E-state index contributed by atoms with van der Waals surface area (Å²) in [6, 6.07) is 3.15. The van der Waals surface area contributed by atoms with E-state index in [1.165, 1.54) is 12.3 Å². The van der Waals surface area contributed by atoms with E-state index in [9.17, 15) is 17.6 Å². The Labute approximate surface area is 112 Å². The standard InChI is InChI=1S/C13H13F4NO2/c1-18-11(7-19)12(14,13(15,16)17)9-3-2-8-4-5-20-10(8)6-9/h2-6,11,18-19H,7H2,1H3. The highest BCUT2D eigenvalue weighted by atomic mass is 19.4. The van der Waals surface area contributed by atoms with Crippen molar-refractivity contribution in [2.24, 2.45) is 0 Å². The van der Waals surface area contributed by atoms with Crippen molar-refractivity contribution in [3.63, 3.8) is 0 Å².